The van der Waals surface area contributed by atoms with Gasteiger partial charge in [-0.1, -0.05) is 420 Å². The van der Waals surface area contributed by atoms with Crippen molar-refractivity contribution in [3.05, 3.63) is 0 Å². The van der Waals surface area contributed by atoms with Gasteiger partial charge in [0.15, 0.2) is 0 Å². The number of Topliss-reactive ketones (excluding diaryl/α,β-unsaturated/α-hetero) is 2. The van der Waals surface area contributed by atoms with Gasteiger partial charge in [-0.2, -0.15) is 13.2 Å². The Kier molecular flexibility index (Phi) is 97.1. The molecule has 0 fully saturated rings. The molecule has 14 heteroatoms. The normalized spacial score (nSPS) is 17.3. The molecular formula is C115H247F3O10S. The van der Waals surface area contributed by atoms with Crippen LogP contribution in [0.5, 0.6) is 0 Å². The maximum Gasteiger partial charge on any atom is 0.396 e. The molecule has 14 atom stereocenters. The first-order chi connectivity index (χ1) is 57.9. The van der Waals surface area contributed by atoms with E-state index in [-0.39, 0.29) is 72.1 Å². The fraction of sp³-hybridized carbons (Fsp3) is 0.974. The van der Waals surface area contributed by atoms with E-state index >= 15 is 0 Å². The first kappa shape index (κ1) is 153. The molecule has 0 aliphatic heterocycles. The topological polar surface area (TPSA) is 193 Å². The first-order valence-electron chi connectivity index (χ1n) is 52.7. The molecule has 0 aliphatic rings. The lowest BCUT2D eigenvalue weighted by molar-refractivity contribution is -0.254. The van der Waals surface area contributed by atoms with Crippen molar-refractivity contribution in [1.29, 1.82) is 0 Å². The van der Waals surface area contributed by atoms with E-state index in [1.165, 1.54) is 149 Å². The number of ketones is 2. The van der Waals surface area contributed by atoms with Crippen LogP contribution in [0.4, 0.5) is 13.2 Å². The fourth-order valence-electron chi connectivity index (χ4n) is 15.2. The zero-order valence-electron chi connectivity index (χ0n) is 94.6. The van der Waals surface area contributed by atoms with E-state index in [4.69, 9.17) is 10.2 Å². The number of carbonyl (C=O) groups excluding carboxylic acids is 2. The van der Waals surface area contributed by atoms with E-state index in [0.29, 0.717) is 114 Å². The van der Waals surface area contributed by atoms with E-state index in [0.717, 1.165) is 82.8 Å². The van der Waals surface area contributed by atoms with Gasteiger partial charge in [0.1, 0.15) is 11.6 Å². The average Bonchev–Trinajstić information content (AvgIpc) is 0.786. The molecule has 0 saturated heterocycles. The molecule has 0 rings (SSSR count). The van der Waals surface area contributed by atoms with Gasteiger partial charge in [0, 0.05) is 44.7 Å². The standard InChI is InChI=1S/C14H28O.C13H28OS.C13H26O.4C11H24O.C10H19F3O.C10H22O.C9H20O.2CH4/c1-6-7-8-10-14(5,12(2)3)11-9-13(4)15;1-7-8-9-13(4,12(2)3)10-11-15(5,6)14;1-6-7-9-13(5,11(2)3)10-8-12(4)14;3*1-6-7-8-11(5,9(2)3)10(4)12;1-5-6-7-8-11(4,9-12)10(2)3;1-4-5-6-9(7-14,8(2)3)10(11,12)13;1-5-6-7-10(4,8-11)9(2)3;1-5-6-9(4,7-10)8(2)3;;/h12H,6-11H2,1-5H3;12H,5,7-11H2,1-4,6H3;11H,6-10H2,1-5H3;3*9-10,12H,6-8H2,1-5H3;10,12H,5-9H2,1-4H3;8,14H,4-7H2,1-3H3;9,11H,5-8H2,1-4H3;8,10H,5-7H2,1-4H3;2*1H4/t14-;13-,15?;13-;10?,11-;10-,11+;10-,11-;11-;9-;10-;9-;;/m0001010100../s1. The zero-order valence-corrected chi connectivity index (χ0v) is 95.4. The van der Waals surface area contributed by atoms with Crippen LogP contribution in [0.1, 0.15) is 551 Å². The molecule has 129 heavy (non-hydrogen) atoms. The second-order valence-corrected chi connectivity index (χ2v) is 48.5. The molecule has 0 radical (unpaired) electrons. The van der Waals surface area contributed by atoms with Crippen LogP contribution >= 0.6 is 0 Å². The van der Waals surface area contributed by atoms with Crippen molar-refractivity contribution in [2.45, 2.75) is 575 Å². The fourth-order valence-corrected chi connectivity index (χ4v) is 16.1. The molecule has 0 saturated carbocycles. The monoisotopic (exact) mass is 1880 g/mol. The van der Waals surface area contributed by atoms with Crippen LogP contribution in [0.3, 0.4) is 0 Å². The Morgan fingerprint density at radius 3 is 0.643 bits per heavy atom. The largest absolute Gasteiger partial charge is 0.396 e. The summed E-state index contributed by atoms with van der Waals surface area (Å²) < 4.78 is 50.0. The maximum absolute atomic E-state index is 12.8. The highest BCUT2D eigenvalue weighted by Gasteiger charge is 2.55. The van der Waals surface area contributed by atoms with Gasteiger partial charge in [0.05, 0.1) is 30.3 Å². The molecule has 2 unspecified atom stereocenters. The molecule has 0 aromatic rings. The number of unbranched alkanes of at least 4 members (excludes halogenated alkanes) is 11. The van der Waals surface area contributed by atoms with Crippen molar-refractivity contribution in [3.8, 4) is 0 Å². The Hall–Kier alpha value is -1.13. The van der Waals surface area contributed by atoms with Crippen molar-refractivity contribution in [1.82, 2.24) is 0 Å². The number of aliphatic hydroxyl groups excluding tert-OH is 7. The molecule has 10 nitrogen and oxygen atoms in total. The number of alkyl halides is 3. The smallest absolute Gasteiger partial charge is 0.396 e. The van der Waals surface area contributed by atoms with Gasteiger partial charge >= 0.3 is 6.18 Å². The maximum atomic E-state index is 12.8. The molecule has 794 valence electrons. The third-order valence-corrected chi connectivity index (χ3v) is 33.5. The number of halogens is 3. The molecule has 0 amide bonds. The van der Waals surface area contributed by atoms with E-state index in [2.05, 4.69) is 255 Å². The predicted molar refractivity (Wildman–Crippen MR) is 577 cm³/mol. The lowest BCUT2D eigenvalue weighted by atomic mass is 9.71. The van der Waals surface area contributed by atoms with Gasteiger partial charge in [-0.3, -0.25) is 4.21 Å². The van der Waals surface area contributed by atoms with Crippen LogP contribution in [-0.2, 0) is 19.1 Å². The van der Waals surface area contributed by atoms with Crippen LogP contribution in [0.25, 0.3) is 0 Å². The second kappa shape index (κ2) is 81.7. The summed E-state index contributed by atoms with van der Waals surface area (Å²) >= 11 is 0. The highest BCUT2D eigenvalue weighted by Crippen LogP contribution is 2.48. The summed E-state index contributed by atoms with van der Waals surface area (Å²) in [6.45, 7) is 94.1. The van der Waals surface area contributed by atoms with Gasteiger partial charge in [0.2, 0.25) is 0 Å². The molecule has 0 aromatic heterocycles. The van der Waals surface area contributed by atoms with Crippen molar-refractivity contribution >= 4 is 27.0 Å². The molecule has 0 spiro atoms. The number of hydrogen-bond donors (Lipinski definition) is 7. The Balaban J connectivity index is -0.000000118. The van der Waals surface area contributed by atoms with E-state index < -0.39 is 33.6 Å². The van der Waals surface area contributed by atoms with Gasteiger partial charge in [0.25, 0.3) is 0 Å². The summed E-state index contributed by atoms with van der Waals surface area (Å²) in [6.07, 6.45) is 37.1. The van der Waals surface area contributed by atoms with Crippen molar-refractivity contribution in [3.63, 3.8) is 0 Å². The lowest BCUT2D eigenvalue weighted by Crippen LogP contribution is -2.45. The average molecular weight is 1880 g/mol. The first-order valence-corrected chi connectivity index (χ1v) is 55.0. The minimum atomic E-state index is -4.31. The molecular weight excluding hydrogens is 1630 g/mol. The Morgan fingerprint density at radius 1 is 0.279 bits per heavy atom. The van der Waals surface area contributed by atoms with Gasteiger partial charge in [-0.15, -0.1) is 0 Å². The molecule has 0 aliphatic carbocycles. The highest BCUT2D eigenvalue weighted by atomic mass is 32.2. The SMILES string of the molecule is C.C.C=S(C)(=O)CC[C@](C)(CCCC)C(C)C.CCCCC[C@@](C)(CCC(C)=O)C(C)C.CCCCC[C@@](C)(CO)C(C)C.CCCC[C@@](C)(CCC(C)=O)C(C)C.CCCC[C@@](C)(CO)C(C)C.CCCC[C@@](CO)(C(C)C)C(F)(F)F.CCCC[C@](C)(C(C)C)C(C)O.CCCC[C@](C)(C(C)C)[C@@H](C)O.CCCC[C@](C)(C(C)C)[C@H](C)O.CCC[C@@](C)(CO)C(C)C. The van der Waals surface area contributed by atoms with E-state index in [1.807, 2.05) is 27.7 Å². The Labute approximate surface area is 811 Å². The number of rotatable bonds is 57. The number of aliphatic hydroxyl groups is 7. The minimum absolute atomic E-state index is 0. The molecule has 0 aromatic carbocycles. The summed E-state index contributed by atoms with van der Waals surface area (Å²) in [4.78, 5) is 22.0. The van der Waals surface area contributed by atoms with E-state index in [1.54, 1.807) is 20.1 Å². The van der Waals surface area contributed by atoms with Crippen LogP contribution in [0, 0.1) is 113 Å². The highest BCUT2D eigenvalue weighted by molar-refractivity contribution is 7.99. The van der Waals surface area contributed by atoms with Crippen molar-refractivity contribution < 1.29 is 62.7 Å². The summed E-state index contributed by atoms with van der Waals surface area (Å²) in [5, 5.41) is 65.5. The van der Waals surface area contributed by atoms with E-state index in [9.17, 15) is 52.5 Å². The Morgan fingerprint density at radius 2 is 0.481 bits per heavy atom. The Bertz CT molecular complexity index is 2480. The number of hydrogen-bond acceptors (Lipinski definition) is 10. The summed E-state index contributed by atoms with van der Waals surface area (Å²) in [7, 11) is -1.82. The van der Waals surface area contributed by atoms with Gasteiger partial charge in [-0.05, 0) is 241 Å². The molecule has 0 bridgehead atoms. The van der Waals surface area contributed by atoms with Crippen molar-refractivity contribution in [2.75, 3.05) is 38.4 Å². The minimum Gasteiger partial charge on any atom is -0.396 e. The summed E-state index contributed by atoms with van der Waals surface area (Å²) in [5.74, 6) is 10.0. The van der Waals surface area contributed by atoms with Gasteiger partial charge in [-0.25, -0.2) is 0 Å². The molecule has 7 N–H and O–H groups in total. The second-order valence-electron chi connectivity index (χ2n) is 45.7. The van der Waals surface area contributed by atoms with Crippen LogP contribution in [0.2, 0.25) is 0 Å². The van der Waals surface area contributed by atoms with Gasteiger partial charge < -0.3 is 45.3 Å². The number of carbonyl (C=O) groups is 2. The summed E-state index contributed by atoms with van der Waals surface area (Å²) in [6, 6.07) is 0. The lowest BCUT2D eigenvalue weighted by Gasteiger charge is -2.37. The third kappa shape index (κ3) is 70.2. The summed E-state index contributed by atoms with van der Waals surface area (Å²) in [5.41, 5.74) is -0.0835. The van der Waals surface area contributed by atoms with Crippen LogP contribution in [-0.4, -0.2) is 120 Å². The van der Waals surface area contributed by atoms with Crippen molar-refractivity contribution in [2.24, 2.45) is 113 Å². The zero-order chi connectivity index (χ0) is 103. The molecule has 0 heterocycles. The van der Waals surface area contributed by atoms with Crippen LogP contribution < -0.4 is 0 Å². The quantitative estimate of drug-likeness (QED) is 0.0228. The third-order valence-electron chi connectivity index (χ3n) is 32.4. The van der Waals surface area contributed by atoms with Crippen LogP contribution in [0.15, 0.2) is 0 Å². The predicted octanol–water partition coefficient (Wildman–Crippen LogP) is 35.2.